The zero-order valence-electron chi connectivity index (χ0n) is 12.5. The summed E-state index contributed by atoms with van der Waals surface area (Å²) in [5.41, 5.74) is 2.54. The number of phenols is 1. The van der Waals surface area contributed by atoms with Gasteiger partial charge >= 0.3 is 0 Å². The molecule has 0 aliphatic rings. The van der Waals surface area contributed by atoms with Crippen LogP contribution < -0.4 is 4.74 Å². The Hall–Kier alpha value is -2.59. The number of nitrogens with zero attached hydrogens (tertiary/aromatic N) is 1. The number of fused-ring (bicyclic) bond motifs is 1. The van der Waals surface area contributed by atoms with Crippen LogP contribution in [0.15, 0.2) is 54.6 Å². The highest BCUT2D eigenvalue weighted by Crippen LogP contribution is 2.28. The highest BCUT2D eigenvalue weighted by Gasteiger charge is 2.15. The van der Waals surface area contributed by atoms with Gasteiger partial charge in [-0.05, 0) is 42.0 Å². The number of hydrogen-bond acceptors (Lipinski definition) is 4. The second-order valence-corrected chi connectivity index (χ2v) is 5.01. The highest BCUT2D eigenvalue weighted by molar-refractivity contribution is 5.80. The molecular formula is C18H17NO3. The van der Waals surface area contributed by atoms with E-state index in [1.165, 1.54) is 0 Å². The van der Waals surface area contributed by atoms with Crippen LogP contribution in [0.25, 0.3) is 10.9 Å². The number of aromatic hydroxyl groups is 1. The van der Waals surface area contributed by atoms with E-state index in [0.717, 1.165) is 27.9 Å². The molecule has 0 amide bonds. The minimum absolute atomic E-state index is 0.213. The van der Waals surface area contributed by atoms with Crippen LogP contribution in [0.2, 0.25) is 0 Å². The molecule has 0 spiro atoms. The number of ether oxygens (including phenoxy) is 2. The Morgan fingerprint density at radius 2 is 1.86 bits per heavy atom. The number of methoxy groups -OCH3 is 2. The molecule has 0 fully saturated rings. The van der Waals surface area contributed by atoms with E-state index in [0.29, 0.717) is 0 Å². The molecule has 1 N–H and O–H groups in total. The topological polar surface area (TPSA) is 51.6 Å². The van der Waals surface area contributed by atoms with Crippen LogP contribution in [0, 0.1) is 0 Å². The van der Waals surface area contributed by atoms with Crippen LogP contribution >= 0.6 is 0 Å². The Kier molecular flexibility index (Phi) is 3.94. The van der Waals surface area contributed by atoms with Crippen molar-refractivity contribution in [3.63, 3.8) is 0 Å². The molecule has 1 heterocycles. The molecule has 22 heavy (non-hydrogen) atoms. The lowest BCUT2D eigenvalue weighted by Crippen LogP contribution is -2.05. The van der Waals surface area contributed by atoms with Crippen molar-refractivity contribution >= 4 is 10.9 Å². The van der Waals surface area contributed by atoms with Crippen molar-refractivity contribution < 1.29 is 14.6 Å². The maximum atomic E-state index is 9.64. The summed E-state index contributed by atoms with van der Waals surface area (Å²) in [7, 11) is 3.28. The molecule has 4 heteroatoms. The third-order valence-corrected chi connectivity index (χ3v) is 3.60. The van der Waals surface area contributed by atoms with E-state index in [4.69, 9.17) is 9.47 Å². The zero-order chi connectivity index (χ0) is 15.5. The molecule has 0 aliphatic heterocycles. The molecule has 1 atom stereocenters. The monoisotopic (exact) mass is 295 g/mol. The Morgan fingerprint density at radius 1 is 1.00 bits per heavy atom. The standard InChI is InChI=1S/C18H17NO3/c1-21-15-7-9-16-12(11-15)6-8-17(19-16)18(22-2)13-4-3-5-14(20)10-13/h3-11,18,20H,1-2H3. The van der Waals surface area contributed by atoms with Crippen molar-refractivity contribution in [2.45, 2.75) is 6.10 Å². The van der Waals surface area contributed by atoms with Crippen molar-refractivity contribution in [1.82, 2.24) is 4.98 Å². The molecule has 112 valence electrons. The summed E-state index contributed by atoms with van der Waals surface area (Å²) < 4.78 is 10.8. The van der Waals surface area contributed by atoms with Gasteiger partial charge in [0.15, 0.2) is 0 Å². The molecule has 0 saturated heterocycles. The van der Waals surface area contributed by atoms with Gasteiger partial charge in [-0.3, -0.25) is 0 Å². The second-order valence-electron chi connectivity index (χ2n) is 5.01. The molecule has 0 radical (unpaired) electrons. The maximum absolute atomic E-state index is 9.64. The quantitative estimate of drug-likeness (QED) is 0.797. The molecule has 1 aromatic heterocycles. The number of phenolic OH excluding ortho intramolecular Hbond substituents is 1. The van der Waals surface area contributed by atoms with Crippen LogP contribution in [0.3, 0.4) is 0 Å². The van der Waals surface area contributed by atoms with E-state index < -0.39 is 0 Å². The molecule has 0 bridgehead atoms. The van der Waals surface area contributed by atoms with E-state index in [1.54, 1.807) is 32.4 Å². The Balaban J connectivity index is 2.04. The fraction of sp³-hybridized carbons (Fsp3) is 0.167. The lowest BCUT2D eigenvalue weighted by molar-refractivity contribution is 0.133. The predicted octanol–water partition coefficient (Wildman–Crippen LogP) is 3.68. The number of rotatable bonds is 4. The van der Waals surface area contributed by atoms with Crippen molar-refractivity contribution in [2.24, 2.45) is 0 Å². The summed E-state index contributed by atoms with van der Waals surface area (Å²) >= 11 is 0. The van der Waals surface area contributed by atoms with Crippen LogP contribution in [0.4, 0.5) is 0 Å². The number of hydrogen-bond donors (Lipinski definition) is 1. The third kappa shape index (κ3) is 2.73. The van der Waals surface area contributed by atoms with E-state index >= 15 is 0 Å². The largest absolute Gasteiger partial charge is 0.508 e. The van der Waals surface area contributed by atoms with Gasteiger partial charge in [0.1, 0.15) is 17.6 Å². The smallest absolute Gasteiger partial charge is 0.124 e. The van der Waals surface area contributed by atoms with Crippen molar-refractivity contribution in [3.8, 4) is 11.5 Å². The van der Waals surface area contributed by atoms with Crippen molar-refractivity contribution in [3.05, 3.63) is 65.9 Å². The highest BCUT2D eigenvalue weighted by atomic mass is 16.5. The summed E-state index contributed by atoms with van der Waals surface area (Å²) in [4.78, 5) is 4.67. The molecule has 3 rings (SSSR count). The van der Waals surface area contributed by atoms with Gasteiger partial charge < -0.3 is 14.6 Å². The average molecular weight is 295 g/mol. The van der Waals surface area contributed by atoms with E-state index in [2.05, 4.69) is 4.98 Å². The fourth-order valence-electron chi connectivity index (χ4n) is 2.51. The van der Waals surface area contributed by atoms with Crippen LogP contribution in [0.5, 0.6) is 11.5 Å². The molecule has 1 unspecified atom stereocenters. The Morgan fingerprint density at radius 3 is 2.59 bits per heavy atom. The van der Waals surface area contributed by atoms with Gasteiger partial charge in [0.05, 0.1) is 18.3 Å². The van der Waals surface area contributed by atoms with E-state index in [9.17, 15) is 5.11 Å². The van der Waals surface area contributed by atoms with Gasteiger partial charge in [-0.2, -0.15) is 0 Å². The fourth-order valence-corrected chi connectivity index (χ4v) is 2.51. The summed E-state index contributed by atoms with van der Waals surface area (Å²) in [5, 5.41) is 10.7. The summed E-state index contributed by atoms with van der Waals surface area (Å²) in [6.45, 7) is 0. The number of benzene rings is 2. The van der Waals surface area contributed by atoms with Gasteiger partial charge in [-0.15, -0.1) is 0 Å². The maximum Gasteiger partial charge on any atom is 0.124 e. The average Bonchev–Trinajstić information content (AvgIpc) is 2.55. The lowest BCUT2D eigenvalue weighted by atomic mass is 10.0. The number of pyridine rings is 1. The number of aromatic nitrogens is 1. The third-order valence-electron chi connectivity index (χ3n) is 3.60. The predicted molar refractivity (Wildman–Crippen MR) is 85.3 cm³/mol. The van der Waals surface area contributed by atoms with Crippen molar-refractivity contribution in [1.29, 1.82) is 0 Å². The Bertz CT molecular complexity index is 801. The molecule has 0 saturated carbocycles. The van der Waals surface area contributed by atoms with Gasteiger partial charge in [-0.25, -0.2) is 4.98 Å². The minimum Gasteiger partial charge on any atom is -0.508 e. The Labute approximate surface area is 129 Å². The summed E-state index contributed by atoms with van der Waals surface area (Å²) in [6, 6.07) is 16.7. The van der Waals surface area contributed by atoms with Crippen molar-refractivity contribution in [2.75, 3.05) is 14.2 Å². The van der Waals surface area contributed by atoms with Crippen LogP contribution in [-0.2, 0) is 4.74 Å². The molecular weight excluding hydrogens is 278 g/mol. The van der Waals surface area contributed by atoms with Crippen LogP contribution in [0.1, 0.15) is 17.4 Å². The van der Waals surface area contributed by atoms with Gasteiger partial charge in [0, 0.05) is 12.5 Å². The van der Waals surface area contributed by atoms with Gasteiger partial charge in [0.25, 0.3) is 0 Å². The first kappa shape index (κ1) is 14.4. The second kappa shape index (κ2) is 6.03. The molecule has 3 aromatic rings. The van der Waals surface area contributed by atoms with Gasteiger partial charge in [0.2, 0.25) is 0 Å². The first-order chi connectivity index (χ1) is 10.7. The first-order valence-electron chi connectivity index (χ1n) is 6.97. The zero-order valence-corrected chi connectivity index (χ0v) is 12.5. The van der Waals surface area contributed by atoms with E-state index in [1.807, 2.05) is 36.4 Å². The summed E-state index contributed by atoms with van der Waals surface area (Å²) in [5.74, 6) is 1.02. The van der Waals surface area contributed by atoms with Crippen LogP contribution in [-0.4, -0.2) is 24.3 Å². The molecule has 0 aliphatic carbocycles. The van der Waals surface area contributed by atoms with Gasteiger partial charge in [-0.1, -0.05) is 18.2 Å². The normalized spacial score (nSPS) is 12.3. The SMILES string of the molecule is COc1ccc2nc(C(OC)c3cccc(O)c3)ccc2c1. The lowest BCUT2D eigenvalue weighted by Gasteiger charge is -2.16. The minimum atomic E-state index is -0.321. The van der Waals surface area contributed by atoms with E-state index in [-0.39, 0.29) is 11.9 Å². The first-order valence-corrected chi connectivity index (χ1v) is 6.97. The molecule has 2 aromatic carbocycles. The molecule has 4 nitrogen and oxygen atoms in total. The summed E-state index contributed by atoms with van der Waals surface area (Å²) in [6.07, 6.45) is -0.321.